The van der Waals surface area contributed by atoms with Gasteiger partial charge in [-0.25, -0.2) is 4.40 Å². The number of benzene rings is 2. The highest BCUT2D eigenvalue weighted by Crippen LogP contribution is 2.37. The van der Waals surface area contributed by atoms with E-state index >= 15 is 0 Å². The van der Waals surface area contributed by atoms with E-state index in [1.54, 1.807) is 15.9 Å². The predicted molar refractivity (Wildman–Crippen MR) is 141 cm³/mol. The maximum atomic E-state index is 13.7. The van der Waals surface area contributed by atoms with Gasteiger partial charge in [-0.3, -0.25) is 14.2 Å². The molecule has 6 rings (SSSR count). The van der Waals surface area contributed by atoms with Gasteiger partial charge in [0.1, 0.15) is 4.83 Å². The van der Waals surface area contributed by atoms with Crippen LogP contribution in [0.15, 0.2) is 64.5 Å². The van der Waals surface area contributed by atoms with Crippen LogP contribution in [0.25, 0.3) is 16.0 Å². The van der Waals surface area contributed by atoms with Crippen LogP contribution in [0, 0.1) is 6.92 Å². The molecule has 2 aromatic carbocycles. The Hall–Kier alpha value is -3.43. The van der Waals surface area contributed by atoms with E-state index < -0.39 is 0 Å². The van der Waals surface area contributed by atoms with E-state index in [9.17, 15) is 9.59 Å². The fraction of sp³-hybridized carbons (Fsp3) is 0.231. The van der Waals surface area contributed by atoms with Crippen molar-refractivity contribution in [1.29, 1.82) is 0 Å². The molecule has 0 spiro atoms. The minimum Gasteiger partial charge on any atom is -0.325 e. The number of aryl methyl sites for hydroxylation is 3. The quantitative estimate of drug-likeness (QED) is 0.342. The molecule has 1 amide bonds. The molecule has 0 radical (unpaired) electrons. The van der Waals surface area contributed by atoms with E-state index in [0.29, 0.717) is 17.5 Å². The summed E-state index contributed by atoms with van der Waals surface area (Å²) in [6.45, 7) is 2.43. The van der Waals surface area contributed by atoms with Crippen LogP contribution in [-0.2, 0) is 24.2 Å². The second-order valence-electron chi connectivity index (χ2n) is 8.74. The van der Waals surface area contributed by atoms with Crippen LogP contribution in [-0.4, -0.2) is 30.8 Å². The van der Waals surface area contributed by atoms with Gasteiger partial charge in [0.25, 0.3) is 5.56 Å². The van der Waals surface area contributed by atoms with Crippen LogP contribution in [0.4, 0.5) is 5.69 Å². The van der Waals surface area contributed by atoms with Crippen molar-refractivity contribution in [3.63, 3.8) is 0 Å². The Morgan fingerprint density at radius 3 is 2.69 bits per heavy atom. The first kappa shape index (κ1) is 22.1. The Kier molecular flexibility index (Phi) is 5.66. The molecule has 9 heteroatoms. The Labute approximate surface area is 209 Å². The topological polar surface area (TPSA) is 81.3 Å². The van der Waals surface area contributed by atoms with Gasteiger partial charge in [-0.15, -0.1) is 21.5 Å². The van der Waals surface area contributed by atoms with Crippen molar-refractivity contribution >= 4 is 50.7 Å². The molecule has 1 aliphatic carbocycles. The van der Waals surface area contributed by atoms with Crippen molar-refractivity contribution in [2.75, 3.05) is 11.1 Å². The lowest BCUT2D eigenvalue weighted by molar-refractivity contribution is -0.113. The molecule has 0 bridgehead atoms. The van der Waals surface area contributed by atoms with E-state index in [2.05, 4.69) is 15.5 Å². The second kappa shape index (κ2) is 8.98. The number of thiophene rings is 1. The first-order chi connectivity index (χ1) is 17.1. The number of hydrogen-bond acceptors (Lipinski definition) is 6. The lowest BCUT2D eigenvalue weighted by Gasteiger charge is -2.10. The molecule has 0 fully saturated rings. The van der Waals surface area contributed by atoms with E-state index in [4.69, 9.17) is 0 Å². The van der Waals surface area contributed by atoms with Gasteiger partial charge in [0.15, 0.2) is 5.16 Å². The van der Waals surface area contributed by atoms with Gasteiger partial charge >= 0.3 is 0 Å². The van der Waals surface area contributed by atoms with Crippen molar-refractivity contribution < 1.29 is 4.79 Å². The van der Waals surface area contributed by atoms with Gasteiger partial charge in [-0.05, 0) is 49.4 Å². The van der Waals surface area contributed by atoms with Crippen LogP contribution in [0.3, 0.4) is 0 Å². The van der Waals surface area contributed by atoms with E-state index in [0.717, 1.165) is 46.3 Å². The molecule has 0 saturated carbocycles. The largest absolute Gasteiger partial charge is 0.325 e. The molecule has 176 valence electrons. The third-order valence-corrected chi connectivity index (χ3v) is 8.48. The summed E-state index contributed by atoms with van der Waals surface area (Å²) in [6, 6.07) is 17.6. The number of amides is 1. The lowest BCUT2D eigenvalue weighted by atomic mass is 10.2. The number of nitrogens with zero attached hydrogens (tertiary/aromatic N) is 4. The molecule has 0 aliphatic heterocycles. The molecule has 3 aromatic heterocycles. The molecule has 1 aliphatic rings. The standard InChI is InChI=1S/C26H23N5O2S2/c1-16-10-12-18(13-11-16)27-21(32)15-34-26-29-28-25-30(14-17-6-3-2-4-7-17)23(33)22-19-8-5-9-20(19)35-24(22)31(25)26/h2-4,6-7,10-13H,5,8-9,14-15H2,1H3,(H,27,32). The highest BCUT2D eigenvalue weighted by Gasteiger charge is 2.26. The van der Waals surface area contributed by atoms with Gasteiger partial charge in [0.2, 0.25) is 11.7 Å². The number of rotatable bonds is 6. The number of carbonyl (C=O) groups excluding carboxylic acids is 1. The number of hydrogen-bond donors (Lipinski definition) is 1. The molecular weight excluding hydrogens is 478 g/mol. The lowest BCUT2D eigenvalue weighted by Crippen LogP contribution is -2.24. The van der Waals surface area contributed by atoms with Crippen LogP contribution in [0.2, 0.25) is 0 Å². The first-order valence-electron chi connectivity index (χ1n) is 11.5. The summed E-state index contributed by atoms with van der Waals surface area (Å²) in [5, 5.41) is 13.1. The van der Waals surface area contributed by atoms with Gasteiger partial charge in [-0.2, -0.15) is 0 Å². The maximum Gasteiger partial charge on any atom is 0.264 e. The summed E-state index contributed by atoms with van der Waals surface area (Å²) in [7, 11) is 0. The third-order valence-electron chi connectivity index (χ3n) is 6.27. The van der Waals surface area contributed by atoms with Crippen LogP contribution >= 0.6 is 23.1 Å². The average Bonchev–Trinajstić information content (AvgIpc) is 3.57. The zero-order valence-corrected chi connectivity index (χ0v) is 20.8. The fourth-order valence-electron chi connectivity index (χ4n) is 4.57. The molecule has 7 nitrogen and oxygen atoms in total. The Balaban J connectivity index is 1.39. The number of aromatic nitrogens is 4. The van der Waals surface area contributed by atoms with Gasteiger partial charge in [0, 0.05) is 10.6 Å². The smallest absolute Gasteiger partial charge is 0.264 e. The molecule has 0 atom stereocenters. The number of anilines is 1. The molecule has 0 saturated heterocycles. The van der Waals surface area contributed by atoms with Crippen LogP contribution in [0.1, 0.15) is 28.0 Å². The van der Waals surface area contributed by atoms with E-state index in [-0.39, 0.29) is 17.2 Å². The molecule has 35 heavy (non-hydrogen) atoms. The van der Waals surface area contributed by atoms with Gasteiger partial charge in [-0.1, -0.05) is 59.8 Å². The minimum atomic E-state index is -0.113. The Bertz CT molecular complexity index is 1620. The maximum absolute atomic E-state index is 13.7. The average molecular weight is 502 g/mol. The zero-order chi connectivity index (χ0) is 23.9. The van der Waals surface area contributed by atoms with Crippen LogP contribution in [0.5, 0.6) is 0 Å². The Morgan fingerprint density at radius 1 is 1.09 bits per heavy atom. The molecule has 0 unspecified atom stereocenters. The summed E-state index contributed by atoms with van der Waals surface area (Å²) in [6.07, 6.45) is 3.00. The Morgan fingerprint density at radius 2 is 1.89 bits per heavy atom. The molecule has 1 N–H and O–H groups in total. The normalized spacial score (nSPS) is 12.9. The highest BCUT2D eigenvalue weighted by atomic mass is 32.2. The van der Waals surface area contributed by atoms with Crippen molar-refractivity contribution in [3.8, 4) is 0 Å². The summed E-state index contributed by atoms with van der Waals surface area (Å²) >= 11 is 2.99. The van der Waals surface area contributed by atoms with Gasteiger partial charge in [0.05, 0.1) is 17.7 Å². The second-order valence-corrected chi connectivity index (χ2v) is 10.8. The minimum absolute atomic E-state index is 0.0168. The first-order valence-corrected chi connectivity index (χ1v) is 13.3. The summed E-state index contributed by atoms with van der Waals surface area (Å²) in [5.41, 5.74) is 4.08. The number of fused-ring (bicyclic) bond motifs is 5. The number of nitrogens with one attached hydrogen (secondary N) is 1. The van der Waals surface area contributed by atoms with Crippen molar-refractivity contribution in [2.24, 2.45) is 0 Å². The number of thioether (sulfide) groups is 1. The summed E-state index contributed by atoms with van der Waals surface area (Å²) < 4.78 is 3.68. The zero-order valence-electron chi connectivity index (χ0n) is 19.2. The SMILES string of the molecule is Cc1ccc(NC(=O)CSc2nnc3n(Cc4ccccc4)c(=O)c4c5c(sc4n23)CCC5)cc1. The highest BCUT2D eigenvalue weighted by molar-refractivity contribution is 7.99. The fourth-order valence-corrected chi connectivity index (χ4v) is 6.74. The predicted octanol–water partition coefficient (Wildman–Crippen LogP) is 4.68. The van der Waals surface area contributed by atoms with E-state index in [1.807, 2.05) is 65.9 Å². The van der Waals surface area contributed by atoms with Crippen molar-refractivity contribution in [3.05, 3.63) is 86.5 Å². The monoisotopic (exact) mass is 501 g/mol. The third kappa shape index (κ3) is 4.04. The van der Waals surface area contributed by atoms with E-state index in [1.165, 1.54) is 22.2 Å². The van der Waals surface area contributed by atoms with Gasteiger partial charge < -0.3 is 5.32 Å². The molecule has 5 aromatic rings. The van der Waals surface area contributed by atoms with Crippen molar-refractivity contribution in [2.45, 2.75) is 37.9 Å². The summed E-state index contributed by atoms with van der Waals surface area (Å²) in [4.78, 5) is 28.5. The molecular formula is C26H23N5O2S2. The van der Waals surface area contributed by atoms with Crippen molar-refractivity contribution in [1.82, 2.24) is 19.2 Å². The van der Waals surface area contributed by atoms with Crippen LogP contribution < -0.4 is 10.9 Å². The number of carbonyl (C=O) groups is 1. The molecule has 3 heterocycles. The summed E-state index contributed by atoms with van der Waals surface area (Å²) in [5.74, 6) is 0.588.